The minimum atomic E-state index is -4.39. The predicted molar refractivity (Wildman–Crippen MR) is 118 cm³/mol. The zero-order valence-electron chi connectivity index (χ0n) is 18.3. The Labute approximate surface area is 194 Å². The largest absolute Gasteiger partial charge is 0.445 e. The standard InChI is InChI=1S/C24H24F3N3O4/c1-16(20(14-31)28-23(32)33-15-18-5-3-2-4-6-18)13-21-29-22(34-30-21)12-9-17-7-10-19(11-8-17)24(25,26)27/h2-12,16,20,31H,13-15H2,1H3,(H,28,32). The molecule has 0 fully saturated rings. The highest BCUT2D eigenvalue weighted by atomic mass is 19.4. The van der Waals surface area contributed by atoms with Gasteiger partial charge in [0.05, 0.1) is 18.2 Å². The van der Waals surface area contributed by atoms with E-state index in [1.165, 1.54) is 18.2 Å². The van der Waals surface area contributed by atoms with E-state index in [4.69, 9.17) is 9.26 Å². The number of carbonyl (C=O) groups is 1. The van der Waals surface area contributed by atoms with Gasteiger partial charge in [-0.1, -0.05) is 54.5 Å². The van der Waals surface area contributed by atoms with Gasteiger partial charge in [-0.2, -0.15) is 18.2 Å². The lowest BCUT2D eigenvalue weighted by Crippen LogP contribution is -2.43. The van der Waals surface area contributed by atoms with Crippen molar-refractivity contribution in [1.82, 2.24) is 15.5 Å². The number of nitrogens with one attached hydrogen (secondary N) is 1. The summed E-state index contributed by atoms with van der Waals surface area (Å²) in [6, 6.07) is 13.3. The van der Waals surface area contributed by atoms with Crippen molar-refractivity contribution in [1.29, 1.82) is 0 Å². The van der Waals surface area contributed by atoms with Gasteiger partial charge in [0.15, 0.2) is 5.82 Å². The number of nitrogens with zero attached hydrogens (tertiary/aromatic N) is 2. The summed E-state index contributed by atoms with van der Waals surface area (Å²) in [5.74, 6) is 0.300. The van der Waals surface area contributed by atoms with Crippen LogP contribution in [0.2, 0.25) is 0 Å². The number of amides is 1. The van der Waals surface area contributed by atoms with Crippen LogP contribution in [-0.4, -0.2) is 34.0 Å². The molecule has 0 aliphatic heterocycles. The smallest absolute Gasteiger partial charge is 0.416 e. The third-order valence-corrected chi connectivity index (χ3v) is 5.04. The third-order valence-electron chi connectivity index (χ3n) is 5.04. The second-order valence-electron chi connectivity index (χ2n) is 7.68. The monoisotopic (exact) mass is 475 g/mol. The van der Waals surface area contributed by atoms with E-state index in [-0.39, 0.29) is 25.0 Å². The quantitative estimate of drug-likeness (QED) is 0.465. The van der Waals surface area contributed by atoms with Crippen molar-refractivity contribution in [2.75, 3.05) is 6.61 Å². The van der Waals surface area contributed by atoms with E-state index in [1.807, 2.05) is 37.3 Å². The van der Waals surface area contributed by atoms with Crippen LogP contribution in [0.4, 0.5) is 18.0 Å². The molecule has 0 bridgehead atoms. The number of alkyl carbamates (subject to hydrolysis) is 1. The van der Waals surface area contributed by atoms with Crippen molar-refractivity contribution in [3.63, 3.8) is 0 Å². The van der Waals surface area contributed by atoms with Crippen LogP contribution in [0.15, 0.2) is 59.1 Å². The molecule has 1 heterocycles. The first-order valence-electron chi connectivity index (χ1n) is 10.5. The summed E-state index contributed by atoms with van der Waals surface area (Å²) in [7, 11) is 0. The minimum Gasteiger partial charge on any atom is -0.445 e. The first kappa shape index (κ1) is 25.0. The third kappa shape index (κ3) is 7.45. The Morgan fingerprint density at radius 2 is 1.85 bits per heavy atom. The molecule has 2 N–H and O–H groups in total. The zero-order valence-corrected chi connectivity index (χ0v) is 18.3. The number of alkyl halides is 3. The summed E-state index contributed by atoms with van der Waals surface area (Å²) >= 11 is 0. The maximum absolute atomic E-state index is 12.6. The summed E-state index contributed by atoms with van der Waals surface area (Å²) in [4.78, 5) is 16.3. The molecule has 10 heteroatoms. The van der Waals surface area contributed by atoms with E-state index in [0.717, 1.165) is 17.7 Å². The first-order valence-corrected chi connectivity index (χ1v) is 10.5. The van der Waals surface area contributed by atoms with Crippen LogP contribution in [-0.2, 0) is 23.9 Å². The molecule has 0 aliphatic carbocycles. The van der Waals surface area contributed by atoms with Gasteiger partial charge in [-0.3, -0.25) is 0 Å². The van der Waals surface area contributed by atoms with Crippen LogP contribution in [0.1, 0.15) is 35.3 Å². The molecule has 0 saturated heterocycles. The van der Waals surface area contributed by atoms with Crippen molar-refractivity contribution in [3.8, 4) is 0 Å². The molecule has 0 spiro atoms. The van der Waals surface area contributed by atoms with Crippen molar-refractivity contribution in [2.24, 2.45) is 5.92 Å². The molecular formula is C24H24F3N3O4. The number of aliphatic hydroxyl groups is 1. The van der Waals surface area contributed by atoms with E-state index in [2.05, 4.69) is 15.5 Å². The Bertz CT molecular complexity index is 1080. The Morgan fingerprint density at radius 3 is 2.50 bits per heavy atom. The average molecular weight is 475 g/mol. The summed E-state index contributed by atoms with van der Waals surface area (Å²) in [6.07, 6.45) is -1.68. The molecule has 1 amide bonds. The van der Waals surface area contributed by atoms with Gasteiger partial charge in [-0.05, 0) is 35.3 Å². The highest BCUT2D eigenvalue weighted by Gasteiger charge is 2.29. The number of benzene rings is 2. The van der Waals surface area contributed by atoms with Crippen LogP contribution in [0.5, 0.6) is 0 Å². The Kier molecular flexibility index (Phi) is 8.42. The maximum atomic E-state index is 12.6. The van der Waals surface area contributed by atoms with Gasteiger partial charge in [0.1, 0.15) is 6.61 Å². The highest BCUT2D eigenvalue weighted by Crippen LogP contribution is 2.29. The number of rotatable bonds is 9. The van der Waals surface area contributed by atoms with Gasteiger partial charge in [-0.15, -0.1) is 0 Å². The minimum absolute atomic E-state index is 0.110. The number of hydrogen-bond donors (Lipinski definition) is 2. The number of hydrogen-bond acceptors (Lipinski definition) is 6. The van der Waals surface area contributed by atoms with Gasteiger partial charge >= 0.3 is 12.3 Å². The van der Waals surface area contributed by atoms with Crippen molar-refractivity contribution in [3.05, 3.63) is 83.0 Å². The fraction of sp³-hybridized carbons (Fsp3) is 0.292. The summed E-state index contributed by atoms with van der Waals surface area (Å²) in [6.45, 7) is 1.62. The van der Waals surface area contributed by atoms with E-state index in [9.17, 15) is 23.1 Å². The number of ether oxygens (including phenoxy) is 1. The van der Waals surface area contributed by atoms with Crippen LogP contribution >= 0.6 is 0 Å². The Hall–Kier alpha value is -3.66. The van der Waals surface area contributed by atoms with Crippen LogP contribution in [0.25, 0.3) is 12.2 Å². The number of carbonyl (C=O) groups excluding carboxylic acids is 1. The summed E-state index contributed by atoms with van der Waals surface area (Å²) in [5.41, 5.74) is 0.657. The molecule has 2 aromatic carbocycles. The Balaban J connectivity index is 1.51. The van der Waals surface area contributed by atoms with Crippen LogP contribution in [0, 0.1) is 5.92 Å². The number of aliphatic hydroxyl groups excluding tert-OH is 1. The zero-order chi connectivity index (χ0) is 24.6. The lowest BCUT2D eigenvalue weighted by Gasteiger charge is -2.21. The molecular weight excluding hydrogens is 451 g/mol. The normalized spacial score (nSPS) is 13.6. The summed E-state index contributed by atoms with van der Waals surface area (Å²) < 4.78 is 48.3. The number of halogens is 3. The van der Waals surface area contributed by atoms with Crippen molar-refractivity contribution >= 4 is 18.2 Å². The second-order valence-corrected chi connectivity index (χ2v) is 7.68. The molecule has 1 aromatic heterocycles. The molecule has 3 rings (SSSR count). The highest BCUT2D eigenvalue weighted by molar-refractivity contribution is 5.67. The van der Waals surface area contributed by atoms with Gasteiger partial charge in [0, 0.05) is 12.5 Å². The fourth-order valence-electron chi connectivity index (χ4n) is 3.08. The average Bonchev–Trinajstić information content (AvgIpc) is 3.27. The molecule has 3 aromatic rings. The fourth-order valence-corrected chi connectivity index (χ4v) is 3.08. The van der Waals surface area contributed by atoms with Crippen molar-refractivity contribution < 1.29 is 32.3 Å². The van der Waals surface area contributed by atoms with E-state index >= 15 is 0 Å². The topological polar surface area (TPSA) is 97.5 Å². The summed E-state index contributed by atoms with van der Waals surface area (Å²) in [5, 5.41) is 16.2. The lowest BCUT2D eigenvalue weighted by molar-refractivity contribution is -0.137. The van der Waals surface area contributed by atoms with Crippen molar-refractivity contribution in [2.45, 2.75) is 32.2 Å². The second kappa shape index (κ2) is 11.5. The van der Waals surface area contributed by atoms with Crippen LogP contribution < -0.4 is 5.32 Å². The maximum Gasteiger partial charge on any atom is 0.416 e. The van der Waals surface area contributed by atoms with E-state index < -0.39 is 23.9 Å². The van der Waals surface area contributed by atoms with Gasteiger partial charge in [-0.25, -0.2) is 4.79 Å². The first-order chi connectivity index (χ1) is 16.2. The molecule has 2 unspecified atom stereocenters. The molecule has 0 saturated carbocycles. The predicted octanol–water partition coefficient (Wildman–Crippen LogP) is 4.72. The Morgan fingerprint density at radius 1 is 1.15 bits per heavy atom. The number of aromatic nitrogens is 2. The SMILES string of the molecule is CC(Cc1noc(C=Cc2ccc(C(F)(F)F)cc2)n1)C(CO)NC(=O)OCc1ccccc1. The molecule has 0 radical (unpaired) electrons. The van der Waals surface area contributed by atoms with E-state index in [1.54, 1.807) is 6.08 Å². The van der Waals surface area contributed by atoms with Crippen LogP contribution in [0.3, 0.4) is 0 Å². The van der Waals surface area contributed by atoms with Gasteiger partial charge < -0.3 is 19.7 Å². The molecule has 34 heavy (non-hydrogen) atoms. The van der Waals surface area contributed by atoms with E-state index in [0.29, 0.717) is 17.8 Å². The molecule has 180 valence electrons. The molecule has 7 nitrogen and oxygen atoms in total. The lowest BCUT2D eigenvalue weighted by atomic mass is 9.99. The molecule has 2 atom stereocenters. The van der Waals surface area contributed by atoms with Gasteiger partial charge in [0.2, 0.25) is 0 Å². The molecule has 0 aliphatic rings. The van der Waals surface area contributed by atoms with Gasteiger partial charge in [0.25, 0.3) is 5.89 Å².